The molecule has 3 rings (SSSR count). The Balaban J connectivity index is 1.72. The van der Waals surface area contributed by atoms with Gasteiger partial charge < -0.3 is 14.4 Å². The van der Waals surface area contributed by atoms with Crippen LogP contribution in [0.5, 0.6) is 11.5 Å². The van der Waals surface area contributed by atoms with Crippen molar-refractivity contribution in [3.8, 4) is 11.5 Å². The molecule has 0 saturated carbocycles. The average Bonchev–Trinajstić information content (AvgIpc) is 2.48. The molecule has 5 heteroatoms. The summed E-state index contributed by atoms with van der Waals surface area (Å²) in [6, 6.07) is 16.7. The number of cyclic esters (lactones) is 2. The first-order valence-electron chi connectivity index (χ1n) is 6.52. The maximum Gasteiger partial charge on any atom is 0.333 e. The average molecular weight is 283 g/mol. The molecule has 1 fully saturated rings. The number of benzene rings is 2. The van der Waals surface area contributed by atoms with E-state index in [2.05, 4.69) is 4.74 Å². The lowest BCUT2D eigenvalue weighted by atomic mass is 10.2. The fraction of sp³-hybridized carbons (Fsp3) is 0.125. The van der Waals surface area contributed by atoms with Crippen LogP contribution < -0.4 is 9.64 Å². The zero-order valence-corrected chi connectivity index (χ0v) is 11.2. The molecule has 1 heterocycles. The Bertz CT molecular complexity index is 636. The van der Waals surface area contributed by atoms with Gasteiger partial charge in [-0.15, -0.1) is 0 Å². The fourth-order valence-corrected chi connectivity index (χ4v) is 2.09. The summed E-state index contributed by atoms with van der Waals surface area (Å²) in [5.74, 6) is 0.379. The van der Waals surface area contributed by atoms with Gasteiger partial charge in [0.15, 0.2) is 0 Å². The summed E-state index contributed by atoms with van der Waals surface area (Å²) >= 11 is 0. The Labute approximate surface area is 121 Å². The normalized spacial score (nSPS) is 14.8. The van der Waals surface area contributed by atoms with Gasteiger partial charge in [0.05, 0.1) is 0 Å². The highest BCUT2D eigenvalue weighted by molar-refractivity contribution is 5.94. The quantitative estimate of drug-likeness (QED) is 0.639. The van der Waals surface area contributed by atoms with Crippen molar-refractivity contribution in [2.24, 2.45) is 0 Å². The number of hydrogen-bond donors (Lipinski definition) is 0. The second kappa shape index (κ2) is 5.66. The molecule has 5 nitrogen and oxygen atoms in total. The highest BCUT2D eigenvalue weighted by Crippen LogP contribution is 2.24. The van der Waals surface area contributed by atoms with Crippen LogP contribution in [0.1, 0.15) is 0 Å². The smallest absolute Gasteiger partial charge is 0.333 e. The lowest BCUT2D eigenvalue weighted by Gasteiger charge is -2.26. The van der Waals surface area contributed by atoms with E-state index >= 15 is 0 Å². The molecular formula is C16H13NO4. The Morgan fingerprint density at radius 1 is 0.810 bits per heavy atom. The van der Waals surface area contributed by atoms with Gasteiger partial charge in [-0.05, 0) is 36.4 Å². The second-order valence-corrected chi connectivity index (χ2v) is 4.61. The van der Waals surface area contributed by atoms with Crippen LogP contribution in [-0.2, 0) is 14.3 Å². The molecule has 2 aromatic carbocycles. The number of esters is 2. The van der Waals surface area contributed by atoms with Crippen LogP contribution >= 0.6 is 0 Å². The van der Waals surface area contributed by atoms with Crippen molar-refractivity contribution in [2.75, 3.05) is 18.0 Å². The van der Waals surface area contributed by atoms with E-state index < -0.39 is 11.9 Å². The first-order valence-corrected chi connectivity index (χ1v) is 6.52. The Kier molecular flexibility index (Phi) is 3.55. The number of anilines is 1. The summed E-state index contributed by atoms with van der Waals surface area (Å²) in [6.45, 7) is 0.148. The summed E-state index contributed by atoms with van der Waals surface area (Å²) in [6.07, 6.45) is 0. The first kappa shape index (κ1) is 13.2. The van der Waals surface area contributed by atoms with E-state index in [1.54, 1.807) is 17.0 Å². The Morgan fingerprint density at radius 2 is 1.38 bits per heavy atom. The zero-order chi connectivity index (χ0) is 14.7. The van der Waals surface area contributed by atoms with E-state index in [1.807, 2.05) is 42.5 Å². The van der Waals surface area contributed by atoms with Crippen molar-refractivity contribution < 1.29 is 19.1 Å². The van der Waals surface area contributed by atoms with Crippen LogP contribution in [0.3, 0.4) is 0 Å². The van der Waals surface area contributed by atoms with E-state index in [0.29, 0.717) is 5.75 Å². The molecule has 2 aromatic rings. The fourth-order valence-electron chi connectivity index (χ4n) is 2.09. The van der Waals surface area contributed by atoms with Crippen molar-refractivity contribution in [1.82, 2.24) is 0 Å². The molecule has 0 radical (unpaired) electrons. The van der Waals surface area contributed by atoms with Gasteiger partial charge >= 0.3 is 11.9 Å². The van der Waals surface area contributed by atoms with Gasteiger partial charge in [0.2, 0.25) is 0 Å². The van der Waals surface area contributed by atoms with Crippen molar-refractivity contribution in [3.63, 3.8) is 0 Å². The van der Waals surface area contributed by atoms with Gasteiger partial charge in [0, 0.05) is 5.69 Å². The lowest BCUT2D eigenvalue weighted by Crippen LogP contribution is -2.42. The topological polar surface area (TPSA) is 55.8 Å². The molecule has 21 heavy (non-hydrogen) atoms. The SMILES string of the molecule is O=C1CN(c2ccc(Oc3ccccc3)cc2)CC(=O)O1. The van der Waals surface area contributed by atoms with Gasteiger partial charge in [-0.25, -0.2) is 9.59 Å². The summed E-state index contributed by atoms with van der Waals surface area (Å²) in [5, 5.41) is 0. The summed E-state index contributed by atoms with van der Waals surface area (Å²) < 4.78 is 10.2. The second-order valence-electron chi connectivity index (χ2n) is 4.61. The molecule has 1 aliphatic heterocycles. The highest BCUT2D eigenvalue weighted by atomic mass is 16.6. The number of para-hydroxylation sites is 1. The minimum absolute atomic E-state index is 0.0740. The van der Waals surface area contributed by atoms with Crippen molar-refractivity contribution >= 4 is 17.6 Å². The molecule has 106 valence electrons. The number of carbonyl (C=O) groups is 2. The number of rotatable bonds is 3. The molecule has 0 atom stereocenters. The molecule has 1 saturated heterocycles. The van der Waals surface area contributed by atoms with Gasteiger partial charge in [0.1, 0.15) is 24.6 Å². The molecule has 1 aliphatic rings. The number of carbonyl (C=O) groups excluding carboxylic acids is 2. The van der Waals surface area contributed by atoms with E-state index in [4.69, 9.17) is 4.74 Å². The van der Waals surface area contributed by atoms with Crippen LogP contribution in [-0.4, -0.2) is 25.0 Å². The van der Waals surface area contributed by atoms with Crippen molar-refractivity contribution in [3.05, 3.63) is 54.6 Å². The largest absolute Gasteiger partial charge is 0.457 e. The predicted octanol–water partition coefficient (Wildman–Crippen LogP) is 2.37. The van der Waals surface area contributed by atoms with Crippen molar-refractivity contribution in [2.45, 2.75) is 0 Å². The van der Waals surface area contributed by atoms with Crippen LogP contribution in [0, 0.1) is 0 Å². The Morgan fingerprint density at radius 3 is 2.00 bits per heavy atom. The number of hydrogen-bond acceptors (Lipinski definition) is 5. The highest BCUT2D eigenvalue weighted by Gasteiger charge is 2.24. The minimum Gasteiger partial charge on any atom is -0.457 e. The maximum absolute atomic E-state index is 11.3. The van der Waals surface area contributed by atoms with Crippen LogP contribution in [0.2, 0.25) is 0 Å². The van der Waals surface area contributed by atoms with E-state index in [-0.39, 0.29) is 13.1 Å². The number of ether oxygens (including phenoxy) is 2. The molecule has 0 amide bonds. The van der Waals surface area contributed by atoms with Crippen LogP contribution in [0.4, 0.5) is 5.69 Å². The van der Waals surface area contributed by atoms with E-state index in [1.165, 1.54) is 0 Å². The summed E-state index contributed by atoms with van der Waals surface area (Å²) in [4.78, 5) is 24.2. The molecule has 0 N–H and O–H groups in total. The molecular weight excluding hydrogens is 270 g/mol. The molecule has 0 bridgehead atoms. The van der Waals surface area contributed by atoms with Gasteiger partial charge in [0.25, 0.3) is 0 Å². The zero-order valence-electron chi connectivity index (χ0n) is 11.2. The number of nitrogens with zero attached hydrogens (tertiary/aromatic N) is 1. The molecule has 0 spiro atoms. The molecule has 0 unspecified atom stereocenters. The van der Waals surface area contributed by atoms with Crippen molar-refractivity contribution in [1.29, 1.82) is 0 Å². The predicted molar refractivity (Wildman–Crippen MR) is 76.3 cm³/mol. The number of morpholine rings is 1. The summed E-state index contributed by atoms with van der Waals surface area (Å²) in [5.41, 5.74) is 0.778. The van der Waals surface area contributed by atoms with Gasteiger partial charge in [-0.3, -0.25) is 0 Å². The third kappa shape index (κ3) is 3.20. The summed E-state index contributed by atoms with van der Waals surface area (Å²) in [7, 11) is 0. The van der Waals surface area contributed by atoms with Crippen LogP contribution in [0.25, 0.3) is 0 Å². The minimum atomic E-state index is -0.532. The maximum atomic E-state index is 11.3. The monoisotopic (exact) mass is 283 g/mol. The first-order chi connectivity index (χ1) is 10.2. The molecule has 0 aliphatic carbocycles. The third-order valence-electron chi connectivity index (χ3n) is 3.05. The third-order valence-corrected chi connectivity index (χ3v) is 3.05. The van der Waals surface area contributed by atoms with E-state index in [9.17, 15) is 9.59 Å². The van der Waals surface area contributed by atoms with Gasteiger partial charge in [-0.1, -0.05) is 18.2 Å². The molecule has 0 aromatic heterocycles. The Hall–Kier alpha value is -2.82. The van der Waals surface area contributed by atoms with Crippen LogP contribution in [0.15, 0.2) is 54.6 Å². The van der Waals surface area contributed by atoms with Gasteiger partial charge in [-0.2, -0.15) is 0 Å². The van der Waals surface area contributed by atoms with E-state index in [0.717, 1.165) is 11.4 Å². The standard InChI is InChI=1S/C16H13NO4/c18-15-10-17(11-16(19)21-15)12-6-8-14(9-7-12)20-13-4-2-1-3-5-13/h1-9H,10-11H2. The lowest BCUT2D eigenvalue weighted by molar-refractivity contribution is -0.160.